The summed E-state index contributed by atoms with van der Waals surface area (Å²) in [4.78, 5) is 25.5. The Morgan fingerprint density at radius 3 is 2.67 bits per heavy atom. The van der Waals surface area contributed by atoms with Crippen LogP contribution in [0.3, 0.4) is 0 Å². The SMILES string of the molecule is COc1ccccc1-c1ncc(CN2C[C@@H]3CC[C@H]2CN(C(C)=O)C3)cn1. The maximum atomic E-state index is 11.8. The first-order valence-electron chi connectivity index (χ1n) is 9.58. The highest BCUT2D eigenvalue weighted by atomic mass is 16.5. The van der Waals surface area contributed by atoms with Crippen molar-refractivity contribution in [1.82, 2.24) is 19.8 Å². The predicted molar refractivity (Wildman–Crippen MR) is 103 cm³/mol. The van der Waals surface area contributed by atoms with Crippen LogP contribution in [0.15, 0.2) is 36.7 Å². The molecule has 6 heteroatoms. The molecule has 1 amide bonds. The van der Waals surface area contributed by atoms with Gasteiger partial charge in [0.25, 0.3) is 0 Å². The van der Waals surface area contributed by atoms with Gasteiger partial charge in [-0.2, -0.15) is 0 Å². The van der Waals surface area contributed by atoms with Crippen LogP contribution in [-0.2, 0) is 11.3 Å². The van der Waals surface area contributed by atoms with Gasteiger partial charge < -0.3 is 9.64 Å². The molecule has 1 aromatic heterocycles. The van der Waals surface area contributed by atoms with Crippen LogP contribution in [0.2, 0.25) is 0 Å². The Kier molecular flexibility index (Phi) is 5.07. The molecule has 0 saturated carbocycles. The summed E-state index contributed by atoms with van der Waals surface area (Å²) in [5.74, 6) is 2.22. The number of hydrogen-bond donors (Lipinski definition) is 0. The van der Waals surface area contributed by atoms with E-state index in [1.807, 2.05) is 41.6 Å². The second-order valence-electron chi connectivity index (χ2n) is 7.57. The van der Waals surface area contributed by atoms with E-state index in [0.717, 1.165) is 49.5 Å². The molecule has 0 N–H and O–H groups in total. The number of rotatable bonds is 4. The molecular weight excluding hydrogens is 340 g/mol. The number of carbonyl (C=O) groups excluding carboxylic acids is 1. The van der Waals surface area contributed by atoms with Crippen molar-refractivity contribution in [2.24, 2.45) is 5.92 Å². The quantitative estimate of drug-likeness (QED) is 0.832. The number of fused-ring (bicyclic) bond motifs is 4. The molecule has 0 aliphatic carbocycles. The van der Waals surface area contributed by atoms with Gasteiger partial charge in [0.15, 0.2) is 5.82 Å². The van der Waals surface area contributed by atoms with Gasteiger partial charge in [0.05, 0.1) is 12.7 Å². The monoisotopic (exact) mass is 366 g/mol. The largest absolute Gasteiger partial charge is 0.496 e. The number of amides is 1. The molecule has 27 heavy (non-hydrogen) atoms. The molecule has 3 fully saturated rings. The van der Waals surface area contributed by atoms with Gasteiger partial charge in [0.1, 0.15) is 5.75 Å². The highest BCUT2D eigenvalue weighted by Gasteiger charge is 2.35. The Labute approximate surface area is 160 Å². The van der Waals surface area contributed by atoms with Gasteiger partial charge in [-0.1, -0.05) is 12.1 Å². The van der Waals surface area contributed by atoms with E-state index in [2.05, 4.69) is 14.9 Å². The molecule has 142 valence electrons. The molecule has 2 atom stereocenters. The minimum absolute atomic E-state index is 0.193. The summed E-state index contributed by atoms with van der Waals surface area (Å²) in [7, 11) is 1.66. The second-order valence-corrected chi connectivity index (χ2v) is 7.57. The van der Waals surface area contributed by atoms with Gasteiger partial charge in [-0.25, -0.2) is 9.97 Å². The van der Waals surface area contributed by atoms with Crippen molar-refractivity contribution in [2.45, 2.75) is 32.4 Å². The van der Waals surface area contributed by atoms with Gasteiger partial charge in [-0.05, 0) is 30.9 Å². The third-order valence-corrected chi connectivity index (χ3v) is 5.71. The van der Waals surface area contributed by atoms with Gasteiger partial charge in [-0.15, -0.1) is 0 Å². The zero-order valence-corrected chi connectivity index (χ0v) is 16.0. The summed E-state index contributed by atoms with van der Waals surface area (Å²) in [5, 5.41) is 0. The Morgan fingerprint density at radius 2 is 1.93 bits per heavy atom. The highest BCUT2D eigenvalue weighted by molar-refractivity contribution is 5.73. The van der Waals surface area contributed by atoms with Crippen LogP contribution in [0.1, 0.15) is 25.3 Å². The van der Waals surface area contributed by atoms with Crippen molar-refractivity contribution in [3.05, 3.63) is 42.2 Å². The lowest BCUT2D eigenvalue weighted by Crippen LogP contribution is -2.43. The third-order valence-electron chi connectivity index (χ3n) is 5.71. The van der Waals surface area contributed by atoms with Gasteiger partial charge in [0, 0.05) is 57.1 Å². The van der Waals surface area contributed by atoms with E-state index in [9.17, 15) is 4.79 Å². The normalized spacial score (nSPS) is 22.5. The molecule has 3 aliphatic heterocycles. The first-order chi connectivity index (χ1) is 13.1. The number of piperidine rings is 1. The number of methoxy groups -OCH3 is 1. The van der Waals surface area contributed by atoms with Crippen LogP contribution in [0, 0.1) is 5.92 Å². The van der Waals surface area contributed by atoms with Gasteiger partial charge >= 0.3 is 0 Å². The van der Waals surface area contributed by atoms with Crippen LogP contribution in [0.5, 0.6) is 5.75 Å². The summed E-state index contributed by atoms with van der Waals surface area (Å²) in [5.41, 5.74) is 2.01. The predicted octanol–water partition coefficient (Wildman–Crippen LogP) is 2.59. The van der Waals surface area contributed by atoms with Gasteiger partial charge in [-0.3, -0.25) is 9.69 Å². The number of aromatic nitrogens is 2. The molecule has 0 spiro atoms. The Balaban J connectivity index is 1.48. The van der Waals surface area contributed by atoms with E-state index in [-0.39, 0.29) is 5.91 Å². The lowest BCUT2D eigenvalue weighted by atomic mass is 9.95. The van der Waals surface area contributed by atoms with E-state index in [0.29, 0.717) is 17.8 Å². The molecular formula is C21H26N4O2. The fraction of sp³-hybridized carbons (Fsp3) is 0.476. The van der Waals surface area contributed by atoms with E-state index < -0.39 is 0 Å². The average Bonchev–Trinajstić information content (AvgIpc) is 3.01. The highest BCUT2D eigenvalue weighted by Crippen LogP contribution is 2.30. The fourth-order valence-electron chi connectivity index (χ4n) is 4.27. The first kappa shape index (κ1) is 17.9. The number of hydrogen-bond acceptors (Lipinski definition) is 5. The molecule has 6 nitrogen and oxygen atoms in total. The zero-order valence-electron chi connectivity index (χ0n) is 16.0. The topological polar surface area (TPSA) is 58.6 Å². The average molecular weight is 366 g/mol. The molecule has 2 bridgehead atoms. The molecule has 3 saturated heterocycles. The number of carbonyl (C=O) groups is 1. The molecule has 0 unspecified atom stereocenters. The number of para-hydroxylation sites is 1. The Hall–Kier alpha value is -2.47. The van der Waals surface area contributed by atoms with E-state index in [4.69, 9.17) is 4.74 Å². The lowest BCUT2D eigenvalue weighted by molar-refractivity contribution is -0.129. The first-order valence-corrected chi connectivity index (χ1v) is 9.58. The third kappa shape index (κ3) is 3.81. The molecule has 2 aromatic rings. The number of nitrogens with zero attached hydrogens (tertiary/aromatic N) is 4. The van der Waals surface area contributed by atoms with E-state index in [1.54, 1.807) is 14.0 Å². The summed E-state index contributed by atoms with van der Waals surface area (Å²) in [6, 6.07) is 8.22. The van der Waals surface area contributed by atoms with Crippen molar-refractivity contribution < 1.29 is 9.53 Å². The maximum Gasteiger partial charge on any atom is 0.219 e. The molecule has 5 rings (SSSR count). The summed E-state index contributed by atoms with van der Waals surface area (Å²) >= 11 is 0. The Bertz CT molecular complexity index is 808. The standard InChI is InChI=1S/C21H26N4O2/c1-15(26)24-11-16-7-8-18(14-24)25(12-16)13-17-9-22-21(23-10-17)19-5-3-4-6-20(19)27-2/h3-6,9-10,16,18H,7-8,11-14H2,1-2H3/t16-,18+/m1/s1. The Morgan fingerprint density at radius 1 is 1.15 bits per heavy atom. The smallest absolute Gasteiger partial charge is 0.219 e. The van der Waals surface area contributed by atoms with Crippen LogP contribution in [0.25, 0.3) is 11.4 Å². The van der Waals surface area contributed by atoms with Crippen molar-refractivity contribution >= 4 is 5.91 Å². The molecule has 4 heterocycles. The van der Waals surface area contributed by atoms with Crippen molar-refractivity contribution in [3.63, 3.8) is 0 Å². The summed E-state index contributed by atoms with van der Waals surface area (Å²) < 4.78 is 5.41. The van der Waals surface area contributed by atoms with Crippen molar-refractivity contribution in [2.75, 3.05) is 26.7 Å². The van der Waals surface area contributed by atoms with Crippen LogP contribution < -0.4 is 4.74 Å². The number of ether oxygens (including phenoxy) is 1. The summed E-state index contributed by atoms with van der Waals surface area (Å²) in [6.45, 7) is 5.29. The van der Waals surface area contributed by atoms with Crippen LogP contribution in [0.4, 0.5) is 0 Å². The van der Waals surface area contributed by atoms with E-state index in [1.165, 1.54) is 6.42 Å². The van der Waals surface area contributed by atoms with Crippen LogP contribution >= 0.6 is 0 Å². The van der Waals surface area contributed by atoms with Crippen molar-refractivity contribution in [1.29, 1.82) is 0 Å². The molecule has 3 aliphatic rings. The van der Waals surface area contributed by atoms with Crippen molar-refractivity contribution in [3.8, 4) is 17.1 Å². The number of benzene rings is 1. The fourth-order valence-corrected chi connectivity index (χ4v) is 4.27. The second kappa shape index (κ2) is 7.64. The van der Waals surface area contributed by atoms with Gasteiger partial charge in [0.2, 0.25) is 5.91 Å². The zero-order chi connectivity index (χ0) is 18.8. The maximum absolute atomic E-state index is 11.8. The summed E-state index contributed by atoms with van der Waals surface area (Å²) in [6.07, 6.45) is 6.20. The van der Waals surface area contributed by atoms with E-state index >= 15 is 0 Å². The molecule has 0 radical (unpaired) electrons. The minimum atomic E-state index is 0.193. The molecule has 1 aromatic carbocycles. The van der Waals surface area contributed by atoms with Crippen LogP contribution in [-0.4, -0.2) is 58.5 Å². The minimum Gasteiger partial charge on any atom is -0.496 e. The lowest BCUT2D eigenvalue weighted by Gasteiger charge is -2.35.